The van der Waals surface area contributed by atoms with Crippen LogP contribution in [0.2, 0.25) is 10.0 Å². The normalized spacial score (nSPS) is 13.5. The molecule has 3 N–H and O–H groups in total. The molecule has 4 nitrogen and oxygen atoms in total. The number of benzene rings is 1. The van der Waals surface area contributed by atoms with Crippen LogP contribution in [0.1, 0.15) is 13.8 Å². The Balaban J connectivity index is 3.01. The average Bonchev–Trinajstić information content (AvgIpc) is 2.23. The van der Waals surface area contributed by atoms with Crippen LogP contribution < -0.4 is 10.5 Å². The van der Waals surface area contributed by atoms with E-state index in [-0.39, 0.29) is 21.0 Å². The van der Waals surface area contributed by atoms with Crippen molar-refractivity contribution < 1.29 is 8.42 Å². The van der Waals surface area contributed by atoms with Crippen LogP contribution >= 0.6 is 35.0 Å². The standard InChI is InChI=1S/C11H16Cl2N2O2S2/c1-3-18-6-7(2)15-19(16,17)11-9(12)4-8(14)5-10(11)13/h4-5,7,15H,3,6,14H2,1-2H3. The van der Waals surface area contributed by atoms with Crippen LogP contribution in [-0.4, -0.2) is 26.0 Å². The summed E-state index contributed by atoms with van der Waals surface area (Å²) in [6, 6.07) is 2.53. The third kappa shape index (κ3) is 4.72. The third-order valence-corrected chi connectivity index (χ3v) is 5.87. The molecule has 0 spiro atoms. The Hall–Kier alpha value is -0.140. The van der Waals surface area contributed by atoms with E-state index in [0.717, 1.165) is 5.75 Å². The topological polar surface area (TPSA) is 72.2 Å². The van der Waals surface area contributed by atoms with E-state index in [1.165, 1.54) is 12.1 Å². The van der Waals surface area contributed by atoms with E-state index >= 15 is 0 Å². The van der Waals surface area contributed by atoms with E-state index in [4.69, 9.17) is 28.9 Å². The molecule has 19 heavy (non-hydrogen) atoms. The summed E-state index contributed by atoms with van der Waals surface area (Å²) in [5.74, 6) is 1.61. The van der Waals surface area contributed by atoms with E-state index in [0.29, 0.717) is 11.4 Å². The fraction of sp³-hybridized carbons (Fsp3) is 0.455. The Bertz CT molecular complexity index is 527. The molecule has 0 aliphatic rings. The predicted octanol–water partition coefficient (Wildman–Crippen LogP) is 3.00. The van der Waals surface area contributed by atoms with Gasteiger partial charge in [0.2, 0.25) is 10.0 Å². The molecule has 0 aliphatic heterocycles. The minimum atomic E-state index is -3.75. The summed E-state index contributed by atoms with van der Waals surface area (Å²) in [6.45, 7) is 3.80. The SMILES string of the molecule is CCSCC(C)NS(=O)(=O)c1c(Cl)cc(N)cc1Cl. The maximum Gasteiger partial charge on any atom is 0.243 e. The Morgan fingerprint density at radius 1 is 1.37 bits per heavy atom. The van der Waals surface area contributed by atoms with Crippen LogP contribution in [0, 0.1) is 0 Å². The fourth-order valence-corrected chi connectivity index (χ4v) is 4.74. The molecule has 1 atom stereocenters. The molecule has 0 heterocycles. The van der Waals surface area contributed by atoms with Gasteiger partial charge in [0.1, 0.15) is 4.90 Å². The molecule has 0 saturated carbocycles. The monoisotopic (exact) mass is 342 g/mol. The highest BCUT2D eigenvalue weighted by atomic mass is 35.5. The van der Waals surface area contributed by atoms with Crippen LogP contribution in [0.5, 0.6) is 0 Å². The molecule has 0 saturated heterocycles. The van der Waals surface area contributed by atoms with Gasteiger partial charge in [-0.1, -0.05) is 30.1 Å². The molecule has 1 unspecified atom stereocenters. The van der Waals surface area contributed by atoms with Gasteiger partial charge < -0.3 is 5.73 Å². The summed E-state index contributed by atoms with van der Waals surface area (Å²) in [5, 5.41) is 0.0423. The van der Waals surface area contributed by atoms with Crippen LogP contribution in [0.15, 0.2) is 17.0 Å². The van der Waals surface area contributed by atoms with Crippen molar-refractivity contribution in [3.63, 3.8) is 0 Å². The second kappa shape index (κ2) is 7.04. The number of nitrogen functional groups attached to an aromatic ring is 1. The fourth-order valence-electron chi connectivity index (χ4n) is 1.49. The van der Waals surface area contributed by atoms with Crippen molar-refractivity contribution in [2.75, 3.05) is 17.2 Å². The van der Waals surface area contributed by atoms with Crippen molar-refractivity contribution in [2.45, 2.75) is 24.8 Å². The van der Waals surface area contributed by atoms with Gasteiger partial charge in [0, 0.05) is 17.5 Å². The maximum absolute atomic E-state index is 12.2. The molecular weight excluding hydrogens is 327 g/mol. The van der Waals surface area contributed by atoms with Gasteiger partial charge in [-0.15, -0.1) is 0 Å². The maximum atomic E-state index is 12.2. The van der Waals surface area contributed by atoms with Crippen LogP contribution in [0.3, 0.4) is 0 Å². The van der Waals surface area contributed by atoms with Gasteiger partial charge in [-0.05, 0) is 24.8 Å². The number of thioether (sulfide) groups is 1. The summed E-state index contributed by atoms with van der Waals surface area (Å²) in [4.78, 5) is -0.126. The number of nitrogens with two attached hydrogens (primary N) is 1. The number of hydrogen-bond acceptors (Lipinski definition) is 4. The highest BCUT2D eigenvalue weighted by Crippen LogP contribution is 2.31. The largest absolute Gasteiger partial charge is 0.399 e. The quantitative estimate of drug-likeness (QED) is 0.779. The summed E-state index contributed by atoms with van der Waals surface area (Å²) in [6.07, 6.45) is 0. The zero-order chi connectivity index (χ0) is 14.6. The highest BCUT2D eigenvalue weighted by Gasteiger charge is 2.24. The Morgan fingerprint density at radius 3 is 2.37 bits per heavy atom. The lowest BCUT2D eigenvalue weighted by Crippen LogP contribution is -2.34. The van der Waals surface area contributed by atoms with Crippen molar-refractivity contribution in [1.29, 1.82) is 0 Å². The van der Waals surface area contributed by atoms with E-state index < -0.39 is 10.0 Å². The van der Waals surface area contributed by atoms with Gasteiger partial charge in [-0.25, -0.2) is 13.1 Å². The first-order valence-electron chi connectivity index (χ1n) is 5.62. The minimum absolute atomic E-state index is 0.0212. The average molecular weight is 343 g/mol. The van der Waals surface area contributed by atoms with E-state index in [9.17, 15) is 8.42 Å². The van der Waals surface area contributed by atoms with Gasteiger partial charge in [-0.2, -0.15) is 11.8 Å². The van der Waals surface area contributed by atoms with Gasteiger partial charge in [0.15, 0.2) is 0 Å². The first-order chi connectivity index (χ1) is 8.77. The van der Waals surface area contributed by atoms with Crippen molar-refractivity contribution >= 4 is 50.7 Å². The molecule has 0 amide bonds. The molecule has 0 aromatic heterocycles. The zero-order valence-corrected chi connectivity index (χ0v) is 13.8. The number of nitrogens with one attached hydrogen (secondary N) is 1. The number of hydrogen-bond donors (Lipinski definition) is 2. The van der Waals surface area contributed by atoms with Crippen LogP contribution in [-0.2, 0) is 10.0 Å². The molecule has 1 rings (SSSR count). The Morgan fingerprint density at radius 2 is 1.89 bits per heavy atom. The van der Waals surface area contributed by atoms with Crippen molar-refractivity contribution in [2.24, 2.45) is 0 Å². The molecule has 1 aromatic carbocycles. The lowest BCUT2D eigenvalue weighted by Gasteiger charge is -2.15. The lowest BCUT2D eigenvalue weighted by atomic mass is 10.3. The molecular formula is C11H16Cl2N2O2S2. The van der Waals surface area contributed by atoms with Gasteiger partial charge in [0.05, 0.1) is 10.0 Å². The summed E-state index contributed by atoms with van der Waals surface area (Å²) >= 11 is 13.5. The number of anilines is 1. The minimum Gasteiger partial charge on any atom is -0.399 e. The van der Waals surface area contributed by atoms with Crippen LogP contribution in [0.4, 0.5) is 5.69 Å². The van der Waals surface area contributed by atoms with Gasteiger partial charge in [0.25, 0.3) is 0 Å². The Kier molecular flexibility index (Phi) is 6.26. The zero-order valence-electron chi connectivity index (χ0n) is 10.6. The molecule has 8 heteroatoms. The first kappa shape index (κ1) is 16.9. The molecule has 1 aromatic rings. The number of rotatable bonds is 6. The second-order valence-electron chi connectivity index (χ2n) is 4.00. The lowest BCUT2D eigenvalue weighted by molar-refractivity contribution is 0.571. The van der Waals surface area contributed by atoms with Crippen molar-refractivity contribution in [3.8, 4) is 0 Å². The van der Waals surface area contributed by atoms with E-state index in [1.54, 1.807) is 18.7 Å². The summed E-state index contributed by atoms with van der Waals surface area (Å²) in [7, 11) is -3.75. The predicted molar refractivity (Wildman–Crippen MR) is 83.7 cm³/mol. The molecule has 0 fully saturated rings. The molecule has 108 valence electrons. The first-order valence-corrected chi connectivity index (χ1v) is 9.02. The van der Waals surface area contributed by atoms with Crippen molar-refractivity contribution in [3.05, 3.63) is 22.2 Å². The second-order valence-corrected chi connectivity index (χ2v) is 7.78. The summed E-state index contributed by atoms with van der Waals surface area (Å²) in [5.41, 5.74) is 5.87. The van der Waals surface area contributed by atoms with Crippen molar-refractivity contribution in [1.82, 2.24) is 4.72 Å². The van der Waals surface area contributed by atoms with Gasteiger partial charge >= 0.3 is 0 Å². The van der Waals surface area contributed by atoms with Crippen LogP contribution in [0.25, 0.3) is 0 Å². The smallest absolute Gasteiger partial charge is 0.243 e. The summed E-state index contributed by atoms with van der Waals surface area (Å²) < 4.78 is 27.0. The highest BCUT2D eigenvalue weighted by molar-refractivity contribution is 7.99. The van der Waals surface area contributed by atoms with E-state index in [2.05, 4.69) is 4.72 Å². The molecule has 0 radical (unpaired) electrons. The number of sulfonamides is 1. The third-order valence-electron chi connectivity index (χ3n) is 2.22. The Labute approximate surface area is 128 Å². The number of halogens is 2. The molecule has 0 bridgehead atoms. The van der Waals surface area contributed by atoms with E-state index in [1.807, 2.05) is 6.92 Å². The molecule has 0 aliphatic carbocycles. The van der Waals surface area contributed by atoms with Gasteiger partial charge in [-0.3, -0.25) is 0 Å².